The van der Waals surface area contributed by atoms with Crippen LogP contribution in [0, 0.1) is 19.7 Å². The molecule has 1 aromatic heterocycles. The first-order valence-electron chi connectivity index (χ1n) is 8.98. The van der Waals surface area contributed by atoms with Gasteiger partial charge in [-0.2, -0.15) is 0 Å². The van der Waals surface area contributed by atoms with Crippen molar-refractivity contribution in [2.24, 2.45) is 0 Å². The minimum Gasteiger partial charge on any atom is -0.324 e. The van der Waals surface area contributed by atoms with Crippen molar-refractivity contribution in [1.82, 2.24) is 9.97 Å². The van der Waals surface area contributed by atoms with Gasteiger partial charge in [-0.25, -0.2) is 14.4 Å². The largest absolute Gasteiger partial charge is 0.324 e. The SMILES string of the molecule is Cc1cc(C)cc(Nc2ncc3c(n2)C[C@H](c2ccc(F)cc2)CC3=O)c1. The molecule has 136 valence electrons. The zero-order valence-corrected chi connectivity index (χ0v) is 15.3. The molecule has 0 spiro atoms. The number of anilines is 2. The molecule has 0 saturated carbocycles. The number of rotatable bonds is 3. The predicted molar refractivity (Wildman–Crippen MR) is 103 cm³/mol. The van der Waals surface area contributed by atoms with Crippen LogP contribution in [0.2, 0.25) is 0 Å². The quantitative estimate of drug-likeness (QED) is 0.722. The summed E-state index contributed by atoms with van der Waals surface area (Å²) in [5.41, 5.74) is 5.51. The molecule has 27 heavy (non-hydrogen) atoms. The molecule has 0 saturated heterocycles. The van der Waals surface area contributed by atoms with E-state index in [1.807, 2.05) is 26.0 Å². The molecule has 4 nitrogen and oxygen atoms in total. The number of benzene rings is 2. The second kappa shape index (κ2) is 6.91. The molecule has 1 N–H and O–H groups in total. The van der Waals surface area contributed by atoms with Crippen LogP contribution in [-0.2, 0) is 6.42 Å². The van der Waals surface area contributed by atoms with Gasteiger partial charge in [0.1, 0.15) is 5.82 Å². The van der Waals surface area contributed by atoms with Gasteiger partial charge in [-0.05, 0) is 67.1 Å². The van der Waals surface area contributed by atoms with E-state index in [4.69, 9.17) is 0 Å². The van der Waals surface area contributed by atoms with Crippen LogP contribution in [0.15, 0.2) is 48.7 Å². The molecular formula is C22H20FN3O. The number of carbonyl (C=O) groups excluding carboxylic acids is 1. The third kappa shape index (κ3) is 3.72. The lowest BCUT2D eigenvalue weighted by Crippen LogP contribution is -2.21. The fourth-order valence-corrected chi connectivity index (χ4v) is 3.65. The van der Waals surface area contributed by atoms with Crippen LogP contribution >= 0.6 is 0 Å². The number of Topliss-reactive ketones (excluding diaryl/α,β-unsaturated/α-hetero) is 1. The number of nitrogens with zero attached hydrogens (tertiary/aromatic N) is 2. The molecule has 3 aromatic rings. The van der Waals surface area contributed by atoms with Gasteiger partial charge in [0.2, 0.25) is 5.95 Å². The molecule has 2 aromatic carbocycles. The van der Waals surface area contributed by atoms with E-state index in [9.17, 15) is 9.18 Å². The molecule has 4 rings (SSSR count). The Labute approximate surface area is 157 Å². The lowest BCUT2D eigenvalue weighted by Gasteiger charge is -2.23. The minimum atomic E-state index is -0.274. The molecule has 0 fully saturated rings. The first-order chi connectivity index (χ1) is 13.0. The summed E-state index contributed by atoms with van der Waals surface area (Å²) < 4.78 is 13.2. The minimum absolute atomic E-state index is 0.00886. The van der Waals surface area contributed by atoms with Gasteiger partial charge in [-0.3, -0.25) is 4.79 Å². The van der Waals surface area contributed by atoms with Gasteiger partial charge in [-0.1, -0.05) is 18.2 Å². The second-order valence-electron chi connectivity index (χ2n) is 7.14. The Morgan fingerprint density at radius 3 is 2.44 bits per heavy atom. The maximum Gasteiger partial charge on any atom is 0.227 e. The van der Waals surface area contributed by atoms with E-state index in [-0.39, 0.29) is 17.5 Å². The second-order valence-corrected chi connectivity index (χ2v) is 7.14. The van der Waals surface area contributed by atoms with E-state index >= 15 is 0 Å². The highest BCUT2D eigenvalue weighted by Crippen LogP contribution is 2.32. The molecule has 5 heteroatoms. The number of hydrogen-bond acceptors (Lipinski definition) is 4. The molecule has 0 radical (unpaired) electrons. The van der Waals surface area contributed by atoms with E-state index in [1.54, 1.807) is 18.3 Å². The van der Waals surface area contributed by atoms with Crippen molar-refractivity contribution >= 4 is 17.4 Å². The van der Waals surface area contributed by atoms with Gasteiger partial charge in [-0.15, -0.1) is 0 Å². The van der Waals surface area contributed by atoms with Crippen molar-refractivity contribution in [2.75, 3.05) is 5.32 Å². The number of aryl methyl sites for hydroxylation is 2. The molecule has 0 aliphatic heterocycles. The van der Waals surface area contributed by atoms with Crippen molar-refractivity contribution in [2.45, 2.75) is 32.6 Å². The standard InChI is InChI=1S/C22H20FN3O/c1-13-7-14(2)9-18(8-13)25-22-24-12-19-20(26-22)10-16(11-21(19)27)15-3-5-17(23)6-4-15/h3-9,12,16H,10-11H2,1-2H3,(H,24,25,26)/t16-/m0/s1. The van der Waals surface area contributed by atoms with Crippen molar-refractivity contribution in [1.29, 1.82) is 0 Å². The van der Waals surface area contributed by atoms with Gasteiger partial charge < -0.3 is 5.32 Å². The average Bonchev–Trinajstić information content (AvgIpc) is 2.61. The Hall–Kier alpha value is -3.08. The summed E-state index contributed by atoms with van der Waals surface area (Å²) in [7, 11) is 0. The normalized spacial score (nSPS) is 16.1. The Kier molecular flexibility index (Phi) is 4.44. The molecule has 0 unspecified atom stereocenters. The first kappa shape index (κ1) is 17.3. The van der Waals surface area contributed by atoms with Gasteiger partial charge >= 0.3 is 0 Å². The van der Waals surface area contributed by atoms with Gasteiger partial charge in [0.15, 0.2) is 5.78 Å². The summed E-state index contributed by atoms with van der Waals surface area (Å²) >= 11 is 0. The lowest BCUT2D eigenvalue weighted by atomic mass is 9.82. The number of nitrogens with one attached hydrogen (secondary N) is 1. The summed E-state index contributed by atoms with van der Waals surface area (Å²) in [6.45, 7) is 4.08. The Bertz CT molecular complexity index is 994. The zero-order chi connectivity index (χ0) is 19.0. The van der Waals surface area contributed by atoms with E-state index < -0.39 is 0 Å². The Morgan fingerprint density at radius 2 is 1.74 bits per heavy atom. The highest BCUT2D eigenvalue weighted by atomic mass is 19.1. The predicted octanol–water partition coefficient (Wildman–Crippen LogP) is 4.89. The van der Waals surface area contributed by atoms with Crippen LogP contribution in [-0.4, -0.2) is 15.8 Å². The van der Waals surface area contributed by atoms with E-state index in [1.165, 1.54) is 12.1 Å². The maximum absolute atomic E-state index is 13.2. The molecular weight excluding hydrogens is 341 g/mol. The van der Waals surface area contributed by atoms with Crippen molar-refractivity contribution in [3.63, 3.8) is 0 Å². The van der Waals surface area contributed by atoms with Crippen molar-refractivity contribution < 1.29 is 9.18 Å². The van der Waals surface area contributed by atoms with Crippen LogP contribution < -0.4 is 5.32 Å². The summed E-state index contributed by atoms with van der Waals surface area (Å²) in [5.74, 6) is 0.243. The van der Waals surface area contributed by atoms with Crippen molar-refractivity contribution in [3.05, 3.63) is 82.4 Å². The molecule has 1 aliphatic carbocycles. The number of aromatic nitrogens is 2. The molecule has 1 aliphatic rings. The fraction of sp³-hybridized carbons (Fsp3) is 0.227. The molecule has 1 heterocycles. The fourth-order valence-electron chi connectivity index (χ4n) is 3.65. The van der Waals surface area contributed by atoms with E-state index in [2.05, 4.69) is 21.4 Å². The van der Waals surface area contributed by atoms with E-state index in [0.29, 0.717) is 24.4 Å². The number of ketones is 1. The molecule has 1 atom stereocenters. The van der Waals surface area contributed by atoms with Gasteiger partial charge in [0.25, 0.3) is 0 Å². The summed E-state index contributed by atoms with van der Waals surface area (Å²) in [4.78, 5) is 21.4. The number of halogens is 1. The maximum atomic E-state index is 13.2. The Morgan fingerprint density at radius 1 is 1.04 bits per heavy atom. The first-order valence-corrected chi connectivity index (χ1v) is 8.98. The summed E-state index contributed by atoms with van der Waals surface area (Å²) in [6, 6.07) is 12.5. The van der Waals surface area contributed by atoms with E-state index in [0.717, 1.165) is 28.1 Å². The van der Waals surface area contributed by atoms with Crippen LogP contribution in [0.25, 0.3) is 0 Å². The zero-order valence-electron chi connectivity index (χ0n) is 15.3. The number of fused-ring (bicyclic) bond motifs is 1. The highest BCUT2D eigenvalue weighted by molar-refractivity contribution is 5.98. The monoisotopic (exact) mass is 361 g/mol. The smallest absolute Gasteiger partial charge is 0.227 e. The Balaban J connectivity index is 1.61. The van der Waals surface area contributed by atoms with Crippen LogP contribution in [0.5, 0.6) is 0 Å². The average molecular weight is 361 g/mol. The highest BCUT2D eigenvalue weighted by Gasteiger charge is 2.28. The van der Waals surface area contributed by atoms with Crippen molar-refractivity contribution in [3.8, 4) is 0 Å². The molecule has 0 amide bonds. The van der Waals surface area contributed by atoms with Gasteiger partial charge in [0.05, 0.1) is 11.3 Å². The summed E-state index contributed by atoms with van der Waals surface area (Å²) in [6.07, 6.45) is 2.64. The third-order valence-corrected chi connectivity index (χ3v) is 4.86. The third-order valence-electron chi connectivity index (χ3n) is 4.86. The molecule has 0 bridgehead atoms. The van der Waals surface area contributed by atoms with Crippen LogP contribution in [0.3, 0.4) is 0 Å². The lowest BCUT2D eigenvalue weighted by molar-refractivity contribution is 0.0962. The number of hydrogen-bond donors (Lipinski definition) is 1. The van der Waals surface area contributed by atoms with Crippen LogP contribution in [0.4, 0.5) is 16.0 Å². The topological polar surface area (TPSA) is 54.9 Å². The number of carbonyl (C=O) groups is 1. The summed E-state index contributed by atoms with van der Waals surface area (Å²) in [5, 5.41) is 3.23. The van der Waals surface area contributed by atoms with Crippen LogP contribution in [0.1, 0.15) is 45.1 Å². The van der Waals surface area contributed by atoms with Gasteiger partial charge in [0, 0.05) is 18.3 Å².